The molecule has 0 aliphatic rings. The molecule has 1 heterocycles. The molecule has 0 radical (unpaired) electrons. The Morgan fingerprint density at radius 1 is 1.32 bits per heavy atom. The highest BCUT2D eigenvalue weighted by Gasteiger charge is 2.14. The SMILES string of the molecule is CCCCC(CC)COc1ncnc(NC)c1OC. The molecule has 1 unspecified atom stereocenters. The zero-order valence-electron chi connectivity index (χ0n) is 12.4. The fraction of sp³-hybridized carbons (Fsp3) is 0.714. The molecule has 0 spiro atoms. The van der Waals surface area contributed by atoms with Crippen LogP contribution in [0.5, 0.6) is 11.6 Å². The molecule has 0 aromatic carbocycles. The minimum absolute atomic E-state index is 0.511. The number of nitrogens with one attached hydrogen (secondary N) is 1. The highest BCUT2D eigenvalue weighted by atomic mass is 16.5. The average molecular weight is 267 g/mol. The summed E-state index contributed by atoms with van der Waals surface area (Å²) >= 11 is 0. The Hall–Kier alpha value is -1.52. The van der Waals surface area contributed by atoms with E-state index in [2.05, 4.69) is 29.1 Å². The lowest BCUT2D eigenvalue weighted by Gasteiger charge is -2.17. The summed E-state index contributed by atoms with van der Waals surface area (Å²) in [6, 6.07) is 0. The molecular formula is C14H25N3O2. The third-order valence-corrected chi connectivity index (χ3v) is 3.21. The molecular weight excluding hydrogens is 242 g/mol. The molecule has 0 saturated heterocycles. The largest absolute Gasteiger partial charge is 0.489 e. The van der Waals surface area contributed by atoms with Crippen LogP contribution in [-0.2, 0) is 0 Å². The number of rotatable bonds is 9. The lowest BCUT2D eigenvalue weighted by Crippen LogP contribution is -2.13. The topological polar surface area (TPSA) is 56.3 Å². The van der Waals surface area contributed by atoms with E-state index < -0.39 is 0 Å². The van der Waals surface area contributed by atoms with Gasteiger partial charge in [0.25, 0.3) is 5.88 Å². The summed E-state index contributed by atoms with van der Waals surface area (Å²) in [4.78, 5) is 8.24. The van der Waals surface area contributed by atoms with E-state index in [9.17, 15) is 0 Å². The average Bonchev–Trinajstić information content (AvgIpc) is 2.46. The molecule has 1 rings (SSSR count). The molecule has 1 aromatic rings. The fourth-order valence-electron chi connectivity index (χ4n) is 1.92. The smallest absolute Gasteiger partial charge is 0.262 e. The van der Waals surface area contributed by atoms with E-state index in [4.69, 9.17) is 9.47 Å². The monoisotopic (exact) mass is 267 g/mol. The molecule has 0 saturated carbocycles. The quantitative estimate of drug-likeness (QED) is 0.745. The van der Waals surface area contributed by atoms with Gasteiger partial charge in [0.15, 0.2) is 5.82 Å². The van der Waals surface area contributed by atoms with E-state index in [1.165, 1.54) is 25.6 Å². The van der Waals surface area contributed by atoms with E-state index in [0.717, 1.165) is 6.42 Å². The van der Waals surface area contributed by atoms with Crippen LogP contribution >= 0.6 is 0 Å². The van der Waals surface area contributed by atoms with Crippen LogP contribution in [0.3, 0.4) is 0 Å². The van der Waals surface area contributed by atoms with Crippen molar-refractivity contribution in [2.75, 3.05) is 26.1 Å². The van der Waals surface area contributed by atoms with Gasteiger partial charge >= 0.3 is 0 Å². The second-order valence-corrected chi connectivity index (χ2v) is 4.54. The summed E-state index contributed by atoms with van der Waals surface area (Å²) in [5.41, 5.74) is 0. The lowest BCUT2D eigenvalue weighted by molar-refractivity contribution is 0.216. The molecule has 0 amide bonds. The Kier molecular flexibility index (Phi) is 7.00. The third kappa shape index (κ3) is 4.58. The van der Waals surface area contributed by atoms with E-state index >= 15 is 0 Å². The highest BCUT2D eigenvalue weighted by Crippen LogP contribution is 2.31. The van der Waals surface area contributed by atoms with E-state index in [1.54, 1.807) is 14.2 Å². The van der Waals surface area contributed by atoms with Gasteiger partial charge in [0.1, 0.15) is 6.33 Å². The fourth-order valence-corrected chi connectivity index (χ4v) is 1.92. The van der Waals surface area contributed by atoms with Gasteiger partial charge in [-0.3, -0.25) is 0 Å². The maximum absolute atomic E-state index is 5.80. The molecule has 0 aliphatic heterocycles. The molecule has 1 N–H and O–H groups in total. The van der Waals surface area contributed by atoms with E-state index in [0.29, 0.717) is 30.0 Å². The van der Waals surface area contributed by atoms with Crippen LogP contribution in [-0.4, -0.2) is 30.7 Å². The van der Waals surface area contributed by atoms with Crippen molar-refractivity contribution in [3.8, 4) is 11.6 Å². The first-order valence-electron chi connectivity index (χ1n) is 6.96. The summed E-state index contributed by atoms with van der Waals surface area (Å²) in [6.07, 6.45) is 6.25. The number of anilines is 1. The zero-order chi connectivity index (χ0) is 14.1. The molecule has 0 fully saturated rings. The van der Waals surface area contributed by atoms with Gasteiger partial charge < -0.3 is 14.8 Å². The van der Waals surface area contributed by atoms with Gasteiger partial charge in [0.05, 0.1) is 13.7 Å². The third-order valence-electron chi connectivity index (χ3n) is 3.21. The molecule has 5 nitrogen and oxygen atoms in total. The van der Waals surface area contributed by atoms with Crippen LogP contribution in [0.2, 0.25) is 0 Å². The number of methoxy groups -OCH3 is 1. The van der Waals surface area contributed by atoms with Gasteiger partial charge in [-0.05, 0) is 12.3 Å². The van der Waals surface area contributed by atoms with E-state index in [1.807, 2.05) is 0 Å². The van der Waals surface area contributed by atoms with Crippen molar-refractivity contribution in [3.05, 3.63) is 6.33 Å². The molecule has 0 bridgehead atoms. The zero-order valence-corrected chi connectivity index (χ0v) is 12.4. The van der Waals surface area contributed by atoms with Crippen LogP contribution in [0.25, 0.3) is 0 Å². The molecule has 1 atom stereocenters. The van der Waals surface area contributed by atoms with Crippen LogP contribution in [0.15, 0.2) is 6.33 Å². The Labute approximate surface area is 115 Å². The van der Waals surface area contributed by atoms with Crippen LogP contribution < -0.4 is 14.8 Å². The second-order valence-electron chi connectivity index (χ2n) is 4.54. The Bertz CT molecular complexity index is 372. The van der Waals surface area contributed by atoms with Crippen molar-refractivity contribution in [2.24, 2.45) is 5.92 Å². The molecule has 19 heavy (non-hydrogen) atoms. The van der Waals surface area contributed by atoms with Gasteiger partial charge in [0, 0.05) is 7.05 Å². The number of ether oxygens (including phenoxy) is 2. The number of aromatic nitrogens is 2. The first-order valence-corrected chi connectivity index (χ1v) is 6.96. The Morgan fingerprint density at radius 2 is 2.11 bits per heavy atom. The summed E-state index contributed by atoms with van der Waals surface area (Å²) in [5.74, 6) is 2.29. The summed E-state index contributed by atoms with van der Waals surface area (Å²) in [5, 5.41) is 2.97. The first kappa shape index (κ1) is 15.5. The standard InChI is InChI=1S/C14H25N3O2/c1-5-7-8-11(6-2)9-19-14-12(18-4)13(15-3)16-10-17-14/h10-11H,5-9H2,1-4H3,(H,15,16,17). The van der Waals surface area contributed by atoms with E-state index in [-0.39, 0.29) is 0 Å². The van der Waals surface area contributed by atoms with Crippen molar-refractivity contribution in [3.63, 3.8) is 0 Å². The van der Waals surface area contributed by atoms with Crippen molar-refractivity contribution in [2.45, 2.75) is 39.5 Å². The normalized spacial score (nSPS) is 12.0. The van der Waals surface area contributed by atoms with Crippen LogP contribution in [0.4, 0.5) is 5.82 Å². The number of hydrogen-bond acceptors (Lipinski definition) is 5. The minimum atomic E-state index is 0.511. The van der Waals surface area contributed by atoms with Crippen molar-refractivity contribution >= 4 is 5.82 Å². The maximum atomic E-state index is 5.80. The van der Waals surface area contributed by atoms with Gasteiger partial charge in [-0.1, -0.05) is 33.1 Å². The number of hydrogen-bond donors (Lipinski definition) is 1. The lowest BCUT2D eigenvalue weighted by atomic mass is 10.0. The highest BCUT2D eigenvalue weighted by molar-refractivity contribution is 5.54. The summed E-state index contributed by atoms with van der Waals surface area (Å²) in [7, 11) is 3.39. The predicted molar refractivity (Wildman–Crippen MR) is 76.9 cm³/mol. The first-order chi connectivity index (χ1) is 9.26. The number of unbranched alkanes of at least 4 members (excludes halogenated alkanes) is 1. The summed E-state index contributed by atoms with van der Waals surface area (Å²) in [6.45, 7) is 5.08. The van der Waals surface area contributed by atoms with Crippen molar-refractivity contribution in [1.29, 1.82) is 0 Å². The Balaban J connectivity index is 2.65. The molecule has 108 valence electrons. The van der Waals surface area contributed by atoms with Gasteiger partial charge in [-0.25, -0.2) is 4.98 Å². The molecule has 1 aromatic heterocycles. The maximum Gasteiger partial charge on any atom is 0.262 e. The van der Waals surface area contributed by atoms with Gasteiger partial charge in [-0.15, -0.1) is 0 Å². The minimum Gasteiger partial charge on any atom is -0.489 e. The van der Waals surface area contributed by atoms with Crippen molar-refractivity contribution < 1.29 is 9.47 Å². The predicted octanol–water partition coefficient (Wildman–Crippen LogP) is 3.12. The van der Waals surface area contributed by atoms with Crippen LogP contribution in [0.1, 0.15) is 39.5 Å². The van der Waals surface area contributed by atoms with Crippen molar-refractivity contribution in [1.82, 2.24) is 9.97 Å². The number of nitrogens with zero attached hydrogens (tertiary/aromatic N) is 2. The Morgan fingerprint density at radius 3 is 2.68 bits per heavy atom. The second kappa shape index (κ2) is 8.56. The van der Waals surface area contributed by atoms with Crippen LogP contribution in [0, 0.1) is 5.92 Å². The molecule has 5 heteroatoms. The van der Waals surface area contributed by atoms with Gasteiger partial charge in [0.2, 0.25) is 5.75 Å². The summed E-state index contributed by atoms with van der Waals surface area (Å²) < 4.78 is 11.1. The van der Waals surface area contributed by atoms with Gasteiger partial charge in [-0.2, -0.15) is 4.98 Å². The molecule has 0 aliphatic carbocycles.